The number of aromatic nitrogens is 7. The lowest BCUT2D eigenvalue weighted by atomic mass is 10.3. The fraction of sp³-hybridized carbons (Fsp3) is 0.214. The van der Waals surface area contributed by atoms with Crippen molar-refractivity contribution >= 4 is 28.7 Å². The van der Waals surface area contributed by atoms with Gasteiger partial charge in [0.15, 0.2) is 11.5 Å². The van der Waals surface area contributed by atoms with Crippen LogP contribution in [0.2, 0.25) is 0 Å². The van der Waals surface area contributed by atoms with Crippen molar-refractivity contribution in [3.05, 3.63) is 34.8 Å². The van der Waals surface area contributed by atoms with E-state index >= 15 is 0 Å². The summed E-state index contributed by atoms with van der Waals surface area (Å²) >= 11 is 3.07. The molecule has 0 radical (unpaired) electrons. The van der Waals surface area contributed by atoms with Gasteiger partial charge >= 0.3 is 0 Å². The van der Waals surface area contributed by atoms with Crippen LogP contribution in [0.4, 0.5) is 0 Å². The molecule has 0 spiro atoms. The van der Waals surface area contributed by atoms with Crippen LogP contribution in [0.3, 0.4) is 0 Å². The van der Waals surface area contributed by atoms with Crippen molar-refractivity contribution in [3.8, 4) is 11.4 Å². The van der Waals surface area contributed by atoms with E-state index in [4.69, 9.17) is 0 Å². The molecule has 0 aliphatic heterocycles. The molecule has 9 heteroatoms. The smallest absolute Gasteiger partial charge is 0.214 e. The maximum atomic E-state index is 4.62. The molecule has 7 nitrogen and oxygen atoms in total. The monoisotopic (exact) mass is 341 g/mol. The highest BCUT2D eigenvalue weighted by molar-refractivity contribution is 7.99. The fourth-order valence-corrected chi connectivity index (χ4v) is 3.65. The molecule has 4 heterocycles. The van der Waals surface area contributed by atoms with Crippen LogP contribution in [-0.2, 0) is 0 Å². The van der Waals surface area contributed by atoms with Gasteiger partial charge < -0.3 is 0 Å². The molecule has 1 N–H and O–H groups in total. The quantitative estimate of drug-likeness (QED) is 0.614. The van der Waals surface area contributed by atoms with Gasteiger partial charge in [0, 0.05) is 16.9 Å². The first-order valence-corrected chi connectivity index (χ1v) is 8.98. The molecule has 0 aromatic carbocycles. The molecular weight excluding hydrogens is 330 g/mol. The summed E-state index contributed by atoms with van der Waals surface area (Å²) in [6.07, 6.45) is 2.41. The fourth-order valence-electron chi connectivity index (χ4n) is 2.33. The summed E-state index contributed by atoms with van der Waals surface area (Å²) in [5, 5.41) is 25.9. The summed E-state index contributed by atoms with van der Waals surface area (Å²) in [4.78, 5) is 4.53. The van der Waals surface area contributed by atoms with Gasteiger partial charge in [-0.3, -0.25) is 5.10 Å². The van der Waals surface area contributed by atoms with Crippen molar-refractivity contribution in [2.45, 2.75) is 28.9 Å². The second-order valence-corrected chi connectivity index (χ2v) is 7.12. The molecule has 4 aromatic rings. The SMILES string of the molecule is c1cc(-c2nnc3ccc(Sc4n[nH]c(C5CC5)n4)nn23)cs1. The van der Waals surface area contributed by atoms with Gasteiger partial charge in [0.05, 0.1) is 0 Å². The van der Waals surface area contributed by atoms with Gasteiger partial charge in [0.1, 0.15) is 10.9 Å². The third kappa shape index (κ3) is 2.41. The van der Waals surface area contributed by atoms with Crippen LogP contribution in [0.15, 0.2) is 39.1 Å². The summed E-state index contributed by atoms with van der Waals surface area (Å²) in [7, 11) is 0. The Balaban J connectivity index is 1.50. The Morgan fingerprint density at radius 3 is 3.00 bits per heavy atom. The third-order valence-electron chi connectivity index (χ3n) is 3.66. The third-order valence-corrected chi connectivity index (χ3v) is 5.14. The van der Waals surface area contributed by atoms with Crippen LogP contribution in [0, 0.1) is 0 Å². The van der Waals surface area contributed by atoms with E-state index in [0.717, 1.165) is 27.9 Å². The number of nitrogens with one attached hydrogen (secondary N) is 1. The summed E-state index contributed by atoms with van der Waals surface area (Å²) in [6.45, 7) is 0. The van der Waals surface area contributed by atoms with E-state index < -0.39 is 0 Å². The lowest BCUT2D eigenvalue weighted by Gasteiger charge is -1.99. The van der Waals surface area contributed by atoms with E-state index in [1.54, 1.807) is 15.9 Å². The normalized spacial score (nSPS) is 14.6. The Morgan fingerprint density at radius 1 is 1.22 bits per heavy atom. The molecule has 0 bridgehead atoms. The zero-order chi connectivity index (χ0) is 15.2. The molecule has 1 saturated carbocycles. The van der Waals surface area contributed by atoms with Crippen LogP contribution in [0.1, 0.15) is 24.6 Å². The second-order valence-electron chi connectivity index (χ2n) is 5.36. The first-order chi connectivity index (χ1) is 11.4. The topological polar surface area (TPSA) is 84.6 Å². The number of hydrogen-bond donors (Lipinski definition) is 1. The van der Waals surface area contributed by atoms with Gasteiger partial charge in [-0.15, -0.1) is 15.3 Å². The van der Waals surface area contributed by atoms with Crippen molar-refractivity contribution in [1.29, 1.82) is 0 Å². The zero-order valence-corrected chi connectivity index (χ0v) is 13.5. The predicted molar refractivity (Wildman–Crippen MR) is 86.6 cm³/mol. The van der Waals surface area contributed by atoms with E-state index in [2.05, 4.69) is 30.5 Å². The van der Waals surface area contributed by atoms with Crippen molar-refractivity contribution in [2.24, 2.45) is 0 Å². The Hall–Kier alpha value is -2.26. The average Bonchev–Trinajstić information content (AvgIpc) is 2.99. The van der Waals surface area contributed by atoms with Crippen molar-refractivity contribution < 1.29 is 0 Å². The minimum atomic E-state index is 0.565. The Morgan fingerprint density at radius 2 is 2.17 bits per heavy atom. The van der Waals surface area contributed by atoms with E-state index in [-0.39, 0.29) is 0 Å². The number of nitrogens with zero attached hydrogens (tertiary/aromatic N) is 6. The minimum Gasteiger partial charge on any atom is -0.262 e. The largest absolute Gasteiger partial charge is 0.262 e. The first kappa shape index (κ1) is 13.2. The highest BCUT2D eigenvalue weighted by Gasteiger charge is 2.27. The minimum absolute atomic E-state index is 0.565. The van der Waals surface area contributed by atoms with Crippen LogP contribution in [-0.4, -0.2) is 35.0 Å². The summed E-state index contributed by atoms with van der Waals surface area (Å²) in [6, 6.07) is 5.84. The highest BCUT2D eigenvalue weighted by atomic mass is 32.2. The maximum Gasteiger partial charge on any atom is 0.214 e. The van der Waals surface area contributed by atoms with E-state index in [1.165, 1.54) is 24.6 Å². The number of thiophene rings is 1. The molecule has 114 valence electrons. The molecular formula is C14H11N7S2. The van der Waals surface area contributed by atoms with Gasteiger partial charge in [0.25, 0.3) is 0 Å². The standard InChI is InChI=1S/C14H11N7S2/c1-2-8(1)12-15-14(19-17-12)23-11-4-3-10-16-18-13(21(10)20-11)9-5-6-22-7-9/h3-8H,1-2H2,(H,15,17,19). The van der Waals surface area contributed by atoms with Crippen molar-refractivity contribution in [3.63, 3.8) is 0 Å². The Kier molecular flexibility index (Phi) is 2.95. The van der Waals surface area contributed by atoms with Gasteiger partial charge in [0.2, 0.25) is 5.16 Å². The number of rotatable bonds is 4. The van der Waals surface area contributed by atoms with Gasteiger partial charge in [-0.2, -0.15) is 21.0 Å². The van der Waals surface area contributed by atoms with Gasteiger partial charge in [-0.05, 0) is 48.2 Å². The van der Waals surface area contributed by atoms with Crippen LogP contribution in [0.5, 0.6) is 0 Å². The summed E-state index contributed by atoms with van der Waals surface area (Å²) in [5.41, 5.74) is 1.75. The molecule has 0 unspecified atom stereocenters. The van der Waals surface area contributed by atoms with E-state index in [1.807, 2.05) is 29.0 Å². The number of hydrogen-bond acceptors (Lipinski definition) is 7. The molecule has 1 aliphatic carbocycles. The summed E-state index contributed by atoms with van der Waals surface area (Å²) in [5.74, 6) is 2.30. The molecule has 23 heavy (non-hydrogen) atoms. The van der Waals surface area contributed by atoms with E-state index in [9.17, 15) is 0 Å². The second kappa shape index (κ2) is 5.14. The maximum absolute atomic E-state index is 4.62. The molecule has 0 atom stereocenters. The number of H-pyrrole nitrogens is 1. The molecule has 4 aromatic heterocycles. The van der Waals surface area contributed by atoms with Crippen molar-refractivity contribution in [1.82, 2.24) is 35.0 Å². The Bertz CT molecular complexity index is 968. The van der Waals surface area contributed by atoms with Crippen LogP contribution < -0.4 is 0 Å². The molecule has 5 rings (SSSR count). The summed E-state index contributed by atoms with van der Waals surface area (Å²) < 4.78 is 1.76. The molecule has 0 amide bonds. The average molecular weight is 341 g/mol. The zero-order valence-electron chi connectivity index (χ0n) is 11.9. The lowest BCUT2D eigenvalue weighted by molar-refractivity contribution is 0.856. The predicted octanol–water partition coefficient (Wildman–Crippen LogP) is 3.00. The molecule has 0 saturated heterocycles. The molecule has 1 aliphatic rings. The molecule has 1 fully saturated rings. The van der Waals surface area contributed by atoms with Crippen LogP contribution >= 0.6 is 23.1 Å². The Labute approximate surface area is 139 Å². The van der Waals surface area contributed by atoms with Gasteiger partial charge in [-0.1, -0.05) is 0 Å². The number of fused-ring (bicyclic) bond motifs is 1. The van der Waals surface area contributed by atoms with E-state index in [0.29, 0.717) is 11.1 Å². The highest BCUT2D eigenvalue weighted by Crippen LogP contribution is 2.38. The lowest BCUT2D eigenvalue weighted by Crippen LogP contribution is -1.96. The first-order valence-electron chi connectivity index (χ1n) is 7.22. The number of aromatic amines is 1. The van der Waals surface area contributed by atoms with Crippen molar-refractivity contribution in [2.75, 3.05) is 0 Å². The van der Waals surface area contributed by atoms with Crippen LogP contribution in [0.25, 0.3) is 17.0 Å². The van der Waals surface area contributed by atoms with Gasteiger partial charge in [-0.25, -0.2) is 4.98 Å².